The number of benzene rings is 1. The van der Waals surface area contributed by atoms with Crippen molar-refractivity contribution < 1.29 is 4.92 Å². The zero-order valence-corrected chi connectivity index (χ0v) is 11.4. The van der Waals surface area contributed by atoms with E-state index >= 15 is 0 Å². The number of aryl methyl sites for hydroxylation is 1. The highest BCUT2D eigenvalue weighted by Gasteiger charge is 2.16. The summed E-state index contributed by atoms with van der Waals surface area (Å²) in [6.45, 7) is 4.58. The Morgan fingerprint density at radius 2 is 2.00 bits per heavy atom. The quantitative estimate of drug-likeness (QED) is 0.643. The van der Waals surface area contributed by atoms with Gasteiger partial charge in [0.05, 0.1) is 4.92 Å². The van der Waals surface area contributed by atoms with Crippen LogP contribution in [0.4, 0.5) is 23.0 Å². The second kappa shape index (κ2) is 6.01. The van der Waals surface area contributed by atoms with Crippen LogP contribution in [0.25, 0.3) is 0 Å². The van der Waals surface area contributed by atoms with E-state index < -0.39 is 4.92 Å². The molecular formula is C14H16N4O2. The first-order valence-electron chi connectivity index (χ1n) is 6.33. The van der Waals surface area contributed by atoms with Crippen LogP contribution in [0.5, 0.6) is 0 Å². The molecule has 0 fully saturated rings. The molecule has 0 bridgehead atoms. The Morgan fingerprint density at radius 3 is 2.65 bits per heavy atom. The minimum absolute atomic E-state index is 0.0464. The van der Waals surface area contributed by atoms with Crippen molar-refractivity contribution in [3.8, 4) is 0 Å². The van der Waals surface area contributed by atoms with Crippen molar-refractivity contribution in [1.82, 2.24) is 4.98 Å². The molecule has 0 aliphatic carbocycles. The molecule has 6 nitrogen and oxygen atoms in total. The van der Waals surface area contributed by atoms with E-state index in [2.05, 4.69) is 15.6 Å². The van der Waals surface area contributed by atoms with Crippen LogP contribution >= 0.6 is 0 Å². The first kappa shape index (κ1) is 13.8. The molecule has 0 unspecified atom stereocenters. The highest BCUT2D eigenvalue weighted by atomic mass is 16.6. The predicted octanol–water partition coefficient (Wildman–Crippen LogP) is 3.47. The summed E-state index contributed by atoms with van der Waals surface area (Å²) in [6, 6.07) is 10.6. The first-order chi connectivity index (χ1) is 9.61. The van der Waals surface area contributed by atoms with Crippen LogP contribution in [0.15, 0.2) is 36.4 Å². The van der Waals surface area contributed by atoms with Crippen molar-refractivity contribution >= 4 is 23.0 Å². The molecule has 20 heavy (non-hydrogen) atoms. The van der Waals surface area contributed by atoms with Gasteiger partial charge in [-0.05, 0) is 31.5 Å². The zero-order valence-electron chi connectivity index (χ0n) is 11.4. The third kappa shape index (κ3) is 3.03. The Balaban J connectivity index is 2.40. The summed E-state index contributed by atoms with van der Waals surface area (Å²) in [7, 11) is 0. The SMILES string of the molecule is CCNc1ccc([N+](=O)[O-])c(Nc2ccccc2C)n1. The molecule has 1 aromatic carbocycles. The number of nitro groups is 1. The Labute approximate surface area is 117 Å². The first-order valence-corrected chi connectivity index (χ1v) is 6.33. The van der Waals surface area contributed by atoms with Gasteiger partial charge in [0.15, 0.2) is 0 Å². The van der Waals surface area contributed by atoms with Gasteiger partial charge in [0, 0.05) is 18.3 Å². The minimum atomic E-state index is -0.441. The van der Waals surface area contributed by atoms with E-state index in [0.717, 1.165) is 11.3 Å². The summed E-state index contributed by atoms with van der Waals surface area (Å²) in [4.78, 5) is 14.9. The summed E-state index contributed by atoms with van der Waals surface area (Å²) >= 11 is 0. The monoisotopic (exact) mass is 272 g/mol. The lowest BCUT2D eigenvalue weighted by Crippen LogP contribution is -2.05. The van der Waals surface area contributed by atoms with Gasteiger partial charge in [-0.25, -0.2) is 4.98 Å². The van der Waals surface area contributed by atoms with E-state index in [9.17, 15) is 10.1 Å². The maximum absolute atomic E-state index is 11.1. The Morgan fingerprint density at radius 1 is 1.25 bits per heavy atom. The van der Waals surface area contributed by atoms with E-state index in [4.69, 9.17) is 0 Å². The van der Waals surface area contributed by atoms with E-state index in [1.807, 2.05) is 38.1 Å². The second-order valence-corrected chi connectivity index (χ2v) is 4.29. The van der Waals surface area contributed by atoms with Crippen molar-refractivity contribution in [3.63, 3.8) is 0 Å². The van der Waals surface area contributed by atoms with Crippen molar-refractivity contribution in [3.05, 3.63) is 52.1 Å². The maximum atomic E-state index is 11.1. The van der Waals surface area contributed by atoms with Gasteiger partial charge in [0.1, 0.15) is 5.82 Å². The lowest BCUT2D eigenvalue weighted by molar-refractivity contribution is -0.384. The molecule has 2 N–H and O–H groups in total. The largest absolute Gasteiger partial charge is 0.370 e. The topological polar surface area (TPSA) is 80.1 Å². The van der Waals surface area contributed by atoms with Gasteiger partial charge >= 0.3 is 5.69 Å². The maximum Gasteiger partial charge on any atom is 0.311 e. The summed E-state index contributed by atoms with van der Waals surface area (Å²) < 4.78 is 0. The molecule has 1 heterocycles. The number of hydrogen-bond donors (Lipinski definition) is 2. The molecule has 0 saturated carbocycles. The van der Waals surface area contributed by atoms with Crippen molar-refractivity contribution in [1.29, 1.82) is 0 Å². The number of pyridine rings is 1. The normalized spacial score (nSPS) is 10.1. The number of nitrogens with zero attached hydrogens (tertiary/aromatic N) is 2. The van der Waals surface area contributed by atoms with E-state index in [0.29, 0.717) is 12.4 Å². The van der Waals surface area contributed by atoms with Gasteiger partial charge in [-0.1, -0.05) is 18.2 Å². The number of nitrogens with one attached hydrogen (secondary N) is 2. The van der Waals surface area contributed by atoms with Gasteiger partial charge in [-0.3, -0.25) is 10.1 Å². The summed E-state index contributed by atoms with van der Waals surface area (Å²) in [6.07, 6.45) is 0. The summed E-state index contributed by atoms with van der Waals surface area (Å²) in [5.41, 5.74) is 1.75. The average molecular weight is 272 g/mol. The highest BCUT2D eigenvalue weighted by molar-refractivity contribution is 5.69. The van der Waals surface area contributed by atoms with Crippen molar-refractivity contribution in [2.45, 2.75) is 13.8 Å². The predicted molar refractivity (Wildman–Crippen MR) is 79.5 cm³/mol. The smallest absolute Gasteiger partial charge is 0.311 e. The number of anilines is 3. The molecule has 0 aliphatic heterocycles. The fourth-order valence-electron chi connectivity index (χ4n) is 1.81. The van der Waals surface area contributed by atoms with Crippen LogP contribution in [0, 0.1) is 17.0 Å². The Kier molecular flexibility index (Phi) is 4.14. The molecule has 0 amide bonds. The number of aromatic nitrogens is 1. The van der Waals surface area contributed by atoms with Crippen molar-refractivity contribution in [2.75, 3.05) is 17.2 Å². The van der Waals surface area contributed by atoms with E-state index in [-0.39, 0.29) is 11.5 Å². The van der Waals surface area contributed by atoms with Gasteiger partial charge in [-0.2, -0.15) is 0 Å². The standard InChI is InChI=1S/C14H16N4O2/c1-3-15-13-9-8-12(18(19)20)14(17-13)16-11-7-5-4-6-10(11)2/h4-9H,3H2,1-2H3,(H2,15,16,17). The fraction of sp³-hybridized carbons (Fsp3) is 0.214. The van der Waals surface area contributed by atoms with Gasteiger partial charge < -0.3 is 10.6 Å². The van der Waals surface area contributed by atoms with Crippen LogP contribution in [0.2, 0.25) is 0 Å². The van der Waals surface area contributed by atoms with Crippen LogP contribution < -0.4 is 10.6 Å². The fourth-order valence-corrected chi connectivity index (χ4v) is 1.81. The lowest BCUT2D eigenvalue weighted by Gasteiger charge is -2.10. The molecular weight excluding hydrogens is 256 g/mol. The number of hydrogen-bond acceptors (Lipinski definition) is 5. The molecule has 1 aromatic heterocycles. The molecule has 2 aromatic rings. The minimum Gasteiger partial charge on any atom is -0.370 e. The lowest BCUT2D eigenvalue weighted by atomic mass is 10.2. The number of para-hydroxylation sites is 1. The molecule has 104 valence electrons. The molecule has 0 saturated heterocycles. The molecule has 0 atom stereocenters. The number of rotatable bonds is 5. The third-order valence-corrected chi connectivity index (χ3v) is 2.83. The van der Waals surface area contributed by atoms with E-state index in [1.54, 1.807) is 6.07 Å². The van der Waals surface area contributed by atoms with Crippen molar-refractivity contribution in [2.24, 2.45) is 0 Å². The molecule has 0 radical (unpaired) electrons. The van der Waals surface area contributed by atoms with Gasteiger partial charge in [-0.15, -0.1) is 0 Å². The second-order valence-electron chi connectivity index (χ2n) is 4.29. The van der Waals surface area contributed by atoms with Gasteiger partial charge in [0.2, 0.25) is 5.82 Å². The Bertz CT molecular complexity index is 628. The highest BCUT2D eigenvalue weighted by Crippen LogP contribution is 2.28. The molecule has 0 spiro atoms. The average Bonchev–Trinajstić information content (AvgIpc) is 2.42. The molecule has 2 rings (SSSR count). The van der Waals surface area contributed by atoms with Crippen LogP contribution in [-0.2, 0) is 0 Å². The van der Waals surface area contributed by atoms with Crippen LogP contribution in [0.1, 0.15) is 12.5 Å². The molecule has 6 heteroatoms. The van der Waals surface area contributed by atoms with E-state index in [1.165, 1.54) is 6.07 Å². The molecule has 0 aliphatic rings. The zero-order chi connectivity index (χ0) is 14.5. The van der Waals surface area contributed by atoms with Crippen LogP contribution in [0.3, 0.4) is 0 Å². The van der Waals surface area contributed by atoms with Gasteiger partial charge in [0.25, 0.3) is 0 Å². The summed E-state index contributed by atoms with van der Waals surface area (Å²) in [5, 5.41) is 17.1. The van der Waals surface area contributed by atoms with Crippen LogP contribution in [-0.4, -0.2) is 16.5 Å². The third-order valence-electron chi connectivity index (χ3n) is 2.83. The Hall–Kier alpha value is -2.63. The summed E-state index contributed by atoms with van der Waals surface area (Å²) in [5.74, 6) is 0.844.